The molecule has 3 fully saturated rings. The summed E-state index contributed by atoms with van der Waals surface area (Å²) in [4.78, 5) is 83.4. The molecule has 7 rings (SSSR count). The number of ether oxygens (including phenoxy) is 1. The summed E-state index contributed by atoms with van der Waals surface area (Å²) >= 11 is 0. The van der Waals surface area contributed by atoms with E-state index in [2.05, 4.69) is 0 Å². The summed E-state index contributed by atoms with van der Waals surface area (Å²) in [5, 5.41) is 33.4. The van der Waals surface area contributed by atoms with Crippen molar-refractivity contribution in [2.45, 2.75) is 25.7 Å². The van der Waals surface area contributed by atoms with E-state index in [-0.39, 0.29) is 37.4 Å². The van der Waals surface area contributed by atoms with E-state index in [1.165, 1.54) is 23.9 Å². The average Bonchev–Trinajstić information content (AvgIpc) is 3.49. The van der Waals surface area contributed by atoms with Crippen molar-refractivity contribution in [3.63, 3.8) is 0 Å². The number of nitrogens with zero attached hydrogens (tertiary/aromatic N) is 5. The van der Waals surface area contributed by atoms with Crippen LogP contribution in [0.1, 0.15) is 31.2 Å². The molecule has 1 N–H and O–H groups in total. The van der Waals surface area contributed by atoms with Gasteiger partial charge in [-0.1, -0.05) is 42.0 Å². The van der Waals surface area contributed by atoms with Gasteiger partial charge < -0.3 is 14.7 Å². The van der Waals surface area contributed by atoms with Gasteiger partial charge in [-0.3, -0.25) is 39.4 Å². The number of aliphatic hydroxyl groups excluding tert-OH is 1. The number of carbonyl (C=O) groups is 4. The maximum atomic E-state index is 14.6. The van der Waals surface area contributed by atoms with Gasteiger partial charge in [0.15, 0.2) is 5.69 Å². The van der Waals surface area contributed by atoms with E-state index in [0.717, 1.165) is 22.6 Å². The van der Waals surface area contributed by atoms with Crippen molar-refractivity contribution in [3.8, 4) is 5.75 Å². The molecule has 0 radical (unpaired) electrons. The van der Waals surface area contributed by atoms with E-state index in [0.29, 0.717) is 17.0 Å². The number of fused-ring (bicyclic) bond motifs is 4. The lowest BCUT2D eigenvalue weighted by Crippen LogP contribution is -2.48. The van der Waals surface area contributed by atoms with Crippen molar-refractivity contribution in [3.05, 3.63) is 104 Å². The second-order valence-corrected chi connectivity index (χ2v) is 13.9. The van der Waals surface area contributed by atoms with Crippen LogP contribution in [0.15, 0.2) is 78.4 Å². The van der Waals surface area contributed by atoms with Gasteiger partial charge in [-0.25, -0.2) is 9.80 Å². The number of carbonyl (C=O) groups excluding carboxylic acids is 4. The van der Waals surface area contributed by atoms with Crippen LogP contribution in [0.4, 0.5) is 28.4 Å². The minimum Gasteiger partial charge on any atom is -0.491 e. The summed E-state index contributed by atoms with van der Waals surface area (Å²) in [6, 6.07) is 17.6. The third kappa shape index (κ3) is 5.05. The number of allylic oxidation sites excluding steroid dienone is 2. The van der Waals surface area contributed by atoms with E-state index in [4.69, 9.17) is 4.74 Å². The minimum atomic E-state index is -1.27. The fraction of sp³-hybridized carbons (Fsp3) is 0.351. The van der Waals surface area contributed by atoms with Crippen LogP contribution in [0.25, 0.3) is 0 Å². The highest BCUT2D eigenvalue weighted by atomic mass is 16.6. The summed E-state index contributed by atoms with van der Waals surface area (Å²) in [6.45, 7) is 1.66. The maximum absolute atomic E-state index is 14.6. The molecule has 268 valence electrons. The molecule has 0 aromatic heterocycles. The van der Waals surface area contributed by atoms with Crippen LogP contribution in [0.5, 0.6) is 5.75 Å². The maximum Gasteiger partial charge on any atom is 0.301 e. The van der Waals surface area contributed by atoms with Crippen LogP contribution in [-0.4, -0.2) is 65.9 Å². The number of benzene rings is 3. The Kier molecular flexibility index (Phi) is 8.40. The minimum absolute atomic E-state index is 0.0781. The first-order chi connectivity index (χ1) is 24.8. The summed E-state index contributed by atoms with van der Waals surface area (Å²) < 4.78 is 5.56. The number of aliphatic hydroxyl groups is 1. The highest BCUT2D eigenvalue weighted by Crippen LogP contribution is 2.64. The lowest BCUT2D eigenvalue weighted by atomic mass is 9.51. The number of hydrogen-bond acceptors (Lipinski definition) is 11. The monoisotopic (exact) mass is 709 g/mol. The summed E-state index contributed by atoms with van der Waals surface area (Å²) in [5.41, 5.74) is -1.29. The van der Waals surface area contributed by atoms with E-state index in [1.807, 2.05) is 6.08 Å². The SMILES string of the molecule is CN(C)c1c([N+](=O)[O-])cc(N2C(=O)[C@H]3[C@H](CC=C4[C@H]3C[C@H]3C(=O)N(c5ccccc5)C(=O)[C@@]3(C)[C@H]4c3ccc(OCCO)cc3)C2=O)cc1[N+](=O)[O-]. The largest absolute Gasteiger partial charge is 0.491 e. The van der Waals surface area contributed by atoms with Crippen molar-refractivity contribution in [2.24, 2.45) is 29.1 Å². The van der Waals surface area contributed by atoms with Crippen molar-refractivity contribution in [1.29, 1.82) is 0 Å². The number of nitro groups is 2. The van der Waals surface area contributed by atoms with Gasteiger partial charge in [-0.05, 0) is 55.5 Å². The van der Waals surface area contributed by atoms with E-state index >= 15 is 0 Å². The van der Waals surface area contributed by atoms with Crippen LogP contribution < -0.4 is 19.4 Å². The Morgan fingerprint density at radius 1 is 0.865 bits per heavy atom. The lowest BCUT2D eigenvalue weighted by molar-refractivity contribution is -0.392. The predicted octanol–water partition coefficient (Wildman–Crippen LogP) is 4.38. The average molecular weight is 710 g/mol. The third-order valence-electron chi connectivity index (χ3n) is 11.0. The summed E-state index contributed by atoms with van der Waals surface area (Å²) in [7, 11) is 2.83. The summed E-state index contributed by atoms with van der Waals surface area (Å²) in [6.07, 6.45) is 2.06. The van der Waals surface area contributed by atoms with Gasteiger partial charge in [0.05, 0.1) is 51.0 Å². The van der Waals surface area contributed by atoms with Crippen LogP contribution in [0.2, 0.25) is 0 Å². The van der Waals surface area contributed by atoms with Gasteiger partial charge in [-0.2, -0.15) is 0 Å². The number of amides is 4. The van der Waals surface area contributed by atoms with E-state index in [9.17, 15) is 44.5 Å². The number of hydrogen-bond donors (Lipinski definition) is 1. The molecule has 2 aliphatic heterocycles. The molecule has 4 amide bonds. The van der Waals surface area contributed by atoms with Gasteiger partial charge in [0.25, 0.3) is 0 Å². The Labute approximate surface area is 297 Å². The molecule has 1 saturated carbocycles. The van der Waals surface area contributed by atoms with Crippen molar-refractivity contribution in [2.75, 3.05) is 42.0 Å². The Balaban J connectivity index is 1.34. The van der Waals surface area contributed by atoms with Gasteiger partial charge in [0.2, 0.25) is 23.6 Å². The number of anilines is 3. The molecule has 15 heteroatoms. The fourth-order valence-corrected chi connectivity index (χ4v) is 8.85. The Bertz CT molecular complexity index is 2030. The first kappa shape index (κ1) is 34.5. The van der Waals surface area contributed by atoms with Crippen molar-refractivity contribution < 1.29 is 38.9 Å². The molecule has 52 heavy (non-hydrogen) atoms. The molecular formula is C37H35N5O10. The van der Waals surface area contributed by atoms with Gasteiger partial charge in [0.1, 0.15) is 12.4 Å². The molecule has 2 heterocycles. The topological polar surface area (TPSA) is 194 Å². The highest BCUT2D eigenvalue weighted by molar-refractivity contribution is 6.25. The molecular weight excluding hydrogens is 674 g/mol. The first-order valence-corrected chi connectivity index (χ1v) is 16.8. The predicted molar refractivity (Wildman–Crippen MR) is 187 cm³/mol. The normalized spacial score (nSPS) is 26.5. The molecule has 3 aromatic rings. The second kappa shape index (κ2) is 12.7. The van der Waals surface area contributed by atoms with Crippen LogP contribution >= 0.6 is 0 Å². The molecule has 4 aliphatic rings. The molecule has 0 unspecified atom stereocenters. The standard InChI is InChI=1S/C37H35N5O10/c1-37-27(34(45)40(36(37)47)21-7-5-4-6-8-21)19-26-24(31(37)20-9-11-23(12-10-20)52-16-15-43)13-14-25-30(26)35(46)39(33(25)44)22-17-28(41(48)49)32(38(2)3)29(18-22)42(50)51/h4-13,17-18,25-27,30-31,43H,14-16,19H2,1-3H3/t25-,26+,27-,30-,31-,37+/m0/s1. The van der Waals surface area contributed by atoms with Crippen LogP contribution in [0.3, 0.4) is 0 Å². The van der Waals surface area contributed by atoms with Crippen molar-refractivity contribution >= 4 is 52.1 Å². The molecule has 0 spiro atoms. The van der Waals surface area contributed by atoms with Gasteiger partial charge in [-0.15, -0.1) is 0 Å². The third-order valence-corrected chi connectivity index (χ3v) is 11.0. The zero-order valence-corrected chi connectivity index (χ0v) is 28.5. The zero-order chi connectivity index (χ0) is 37.2. The Morgan fingerprint density at radius 2 is 1.50 bits per heavy atom. The molecule has 3 aromatic carbocycles. The fourth-order valence-electron chi connectivity index (χ4n) is 8.85. The Hall–Kier alpha value is -5.96. The lowest BCUT2D eigenvalue weighted by Gasteiger charge is -2.49. The quantitative estimate of drug-likeness (QED) is 0.143. The summed E-state index contributed by atoms with van der Waals surface area (Å²) in [5.74, 6) is -5.80. The second-order valence-electron chi connectivity index (χ2n) is 13.9. The zero-order valence-electron chi connectivity index (χ0n) is 28.5. The molecule has 0 bridgehead atoms. The van der Waals surface area contributed by atoms with Crippen molar-refractivity contribution in [1.82, 2.24) is 0 Å². The van der Waals surface area contributed by atoms with Crippen LogP contribution in [0, 0.1) is 49.3 Å². The smallest absolute Gasteiger partial charge is 0.301 e. The molecule has 2 aliphatic carbocycles. The number of rotatable bonds is 9. The molecule has 2 saturated heterocycles. The first-order valence-electron chi connectivity index (χ1n) is 16.8. The van der Waals surface area contributed by atoms with E-state index in [1.54, 1.807) is 61.5 Å². The number of nitro benzene ring substituents is 2. The molecule has 6 atom stereocenters. The number of para-hydroxylation sites is 1. The van der Waals surface area contributed by atoms with Crippen LogP contribution in [-0.2, 0) is 19.2 Å². The number of imide groups is 2. The van der Waals surface area contributed by atoms with Gasteiger partial charge >= 0.3 is 11.4 Å². The van der Waals surface area contributed by atoms with E-state index < -0.39 is 79.9 Å². The highest BCUT2D eigenvalue weighted by Gasteiger charge is 2.67. The van der Waals surface area contributed by atoms with Gasteiger partial charge in [0, 0.05) is 32.1 Å². The molecule has 15 nitrogen and oxygen atoms in total. The Morgan fingerprint density at radius 3 is 2.08 bits per heavy atom.